The standard InChI is InChI=1S/C18H23FN2O3/c1-20(2)7-8-21(12-15-4-3-9-23-15)18(22)17-11-13-10-14(19)5-6-16(13)24-17/h5-6,10-11,15H,3-4,7-9,12H2,1-2H3. The van der Waals surface area contributed by atoms with Gasteiger partial charge in [-0.25, -0.2) is 4.39 Å². The number of hydrogen-bond donors (Lipinski definition) is 0. The molecule has 24 heavy (non-hydrogen) atoms. The maximum Gasteiger partial charge on any atom is 0.289 e. The van der Waals surface area contributed by atoms with E-state index in [2.05, 4.69) is 0 Å². The van der Waals surface area contributed by atoms with Crippen molar-refractivity contribution in [2.75, 3.05) is 40.3 Å². The van der Waals surface area contributed by atoms with Crippen LogP contribution in [0.25, 0.3) is 11.0 Å². The highest BCUT2D eigenvalue weighted by molar-refractivity contribution is 5.96. The number of ether oxygens (including phenoxy) is 1. The van der Waals surface area contributed by atoms with Crippen molar-refractivity contribution >= 4 is 16.9 Å². The number of amides is 1. The highest BCUT2D eigenvalue weighted by atomic mass is 19.1. The summed E-state index contributed by atoms with van der Waals surface area (Å²) in [6, 6.07) is 5.86. The van der Waals surface area contributed by atoms with Gasteiger partial charge in [0.25, 0.3) is 5.91 Å². The van der Waals surface area contributed by atoms with Crippen molar-refractivity contribution in [3.05, 3.63) is 35.8 Å². The van der Waals surface area contributed by atoms with E-state index in [-0.39, 0.29) is 23.6 Å². The SMILES string of the molecule is CN(C)CCN(CC1CCCO1)C(=O)c1cc2cc(F)ccc2o1. The number of carbonyl (C=O) groups is 1. The largest absolute Gasteiger partial charge is 0.451 e. The molecule has 1 saturated heterocycles. The first kappa shape index (κ1) is 16.9. The molecule has 0 spiro atoms. The first-order valence-corrected chi connectivity index (χ1v) is 8.27. The first-order valence-electron chi connectivity index (χ1n) is 8.27. The molecule has 0 aliphatic carbocycles. The summed E-state index contributed by atoms with van der Waals surface area (Å²) < 4.78 is 24.6. The van der Waals surface area contributed by atoms with Gasteiger partial charge < -0.3 is 19.0 Å². The molecule has 1 aromatic carbocycles. The van der Waals surface area contributed by atoms with E-state index in [4.69, 9.17) is 9.15 Å². The van der Waals surface area contributed by atoms with Crippen LogP contribution in [0.2, 0.25) is 0 Å². The van der Waals surface area contributed by atoms with Crippen molar-refractivity contribution in [3.63, 3.8) is 0 Å². The second-order valence-electron chi connectivity index (χ2n) is 6.48. The number of halogens is 1. The smallest absolute Gasteiger partial charge is 0.289 e. The molecule has 1 atom stereocenters. The molecule has 0 bridgehead atoms. The molecule has 6 heteroatoms. The minimum atomic E-state index is -0.342. The van der Waals surface area contributed by atoms with Crippen LogP contribution in [0.1, 0.15) is 23.4 Å². The zero-order valence-electron chi connectivity index (χ0n) is 14.1. The van der Waals surface area contributed by atoms with Crippen LogP contribution in [0.15, 0.2) is 28.7 Å². The average molecular weight is 334 g/mol. The molecule has 1 fully saturated rings. The normalized spacial score (nSPS) is 17.8. The van der Waals surface area contributed by atoms with E-state index in [1.54, 1.807) is 17.0 Å². The van der Waals surface area contributed by atoms with Crippen molar-refractivity contribution in [2.45, 2.75) is 18.9 Å². The molecule has 130 valence electrons. The monoisotopic (exact) mass is 334 g/mol. The second-order valence-corrected chi connectivity index (χ2v) is 6.48. The van der Waals surface area contributed by atoms with E-state index in [0.717, 1.165) is 26.0 Å². The minimum Gasteiger partial charge on any atom is -0.451 e. The molecule has 0 saturated carbocycles. The highest BCUT2D eigenvalue weighted by Gasteiger charge is 2.25. The van der Waals surface area contributed by atoms with Gasteiger partial charge >= 0.3 is 0 Å². The Morgan fingerprint density at radius 2 is 2.12 bits per heavy atom. The fraction of sp³-hybridized carbons (Fsp3) is 0.500. The Balaban J connectivity index is 1.79. The van der Waals surface area contributed by atoms with Gasteiger partial charge in [0.15, 0.2) is 5.76 Å². The van der Waals surface area contributed by atoms with Gasteiger partial charge in [-0.15, -0.1) is 0 Å². The van der Waals surface area contributed by atoms with Gasteiger partial charge in [0, 0.05) is 31.6 Å². The number of benzene rings is 1. The molecule has 1 aliphatic rings. The van der Waals surface area contributed by atoms with Crippen molar-refractivity contribution in [1.29, 1.82) is 0 Å². The van der Waals surface area contributed by atoms with Gasteiger partial charge in [-0.05, 0) is 51.2 Å². The van der Waals surface area contributed by atoms with Gasteiger partial charge in [-0.2, -0.15) is 0 Å². The number of fused-ring (bicyclic) bond motifs is 1. The van der Waals surface area contributed by atoms with Gasteiger partial charge in [0.1, 0.15) is 11.4 Å². The van der Waals surface area contributed by atoms with E-state index >= 15 is 0 Å². The van der Waals surface area contributed by atoms with Crippen LogP contribution in [0.3, 0.4) is 0 Å². The average Bonchev–Trinajstić information content (AvgIpc) is 3.19. The van der Waals surface area contributed by atoms with E-state index in [9.17, 15) is 9.18 Å². The Kier molecular flexibility index (Phi) is 5.16. The van der Waals surface area contributed by atoms with Crippen LogP contribution >= 0.6 is 0 Å². The number of rotatable bonds is 6. The summed E-state index contributed by atoms with van der Waals surface area (Å²) in [5.74, 6) is -0.276. The summed E-state index contributed by atoms with van der Waals surface area (Å²) in [6.07, 6.45) is 2.08. The Labute approximate surface area is 141 Å². The van der Waals surface area contributed by atoms with Gasteiger partial charge in [-0.3, -0.25) is 4.79 Å². The lowest BCUT2D eigenvalue weighted by Gasteiger charge is -2.26. The lowest BCUT2D eigenvalue weighted by atomic mass is 10.2. The van der Waals surface area contributed by atoms with E-state index in [1.165, 1.54) is 12.1 Å². The maximum atomic E-state index is 13.3. The molecule has 1 aliphatic heterocycles. The summed E-state index contributed by atoms with van der Waals surface area (Å²) in [7, 11) is 3.94. The third-order valence-corrected chi connectivity index (χ3v) is 4.24. The lowest BCUT2D eigenvalue weighted by Crippen LogP contribution is -2.41. The van der Waals surface area contributed by atoms with Crippen molar-refractivity contribution in [1.82, 2.24) is 9.80 Å². The summed E-state index contributed by atoms with van der Waals surface area (Å²) >= 11 is 0. The summed E-state index contributed by atoms with van der Waals surface area (Å²) in [5.41, 5.74) is 0.518. The van der Waals surface area contributed by atoms with Crippen molar-refractivity contribution < 1.29 is 18.3 Å². The predicted octanol–water partition coefficient (Wildman–Crippen LogP) is 2.75. The second kappa shape index (κ2) is 7.32. The number of hydrogen-bond acceptors (Lipinski definition) is 4. The molecule has 1 aromatic heterocycles. The molecular formula is C18H23FN2O3. The zero-order valence-corrected chi connectivity index (χ0v) is 14.1. The number of furan rings is 1. The fourth-order valence-electron chi connectivity index (χ4n) is 2.91. The van der Waals surface area contributed by atoms with Gasteiger partial charge in [0.05, 0.1) is 6.10 Å². The van der Waals surface area contributed by atoms with Gasteiger partial charge in [0.2, 0.25) is 0 Å². The Hall–Kier alpha value is -1.92. The number of nitrogens with zero attached hydrogens (tertiary/aromatic N) is 2. The molecule has 2 aromatic rings. The lowest BCUT2D eigenvalue weighted by molar-refractivity contribution is 0.0490. The van der Waals surface area contributed by atoms with Crippen LogP contribution in [-0.2, 0) is 4.74 Å². The van der Waals surface area contributed by atoms with Crippen LogP contribution < -0.4 is 0 Å². The van der Waals surface area contributed by atoms with Crippen LogP contribution in [0.4, 0.5) is 4.39 Å². The summed E-state index contributed by atoms with van der Waals surface area (Å²) in [4.78, 5) is 16.7. The molecule has 0 radical (unpaired) electrons. The number of carbonyl (C=O) groups excluding carboxylic acids is 1. The Morgan fingerprint density at radius 3 is 2.83 bits per heavy atom. The summed E-state index contributed by atoms with van der Waals surface area (Å²) in [6.45, 7) is 2.66. The third kappa shape index (κ3) is 3.94. The molecule has 5 nitrogen and oxygen atoms in total. The third-order valence-electron chi connectivity index (χ3n) is 4.24. The molecular weight excluding hydrogens is 311 g/mol. The first-order chi connectivity index (χ1) is 11.5. The molecule has 0 N–H and O–H groups in total. The molecule has 1 unspecified atom stereocenters. The fourth-order valence-corrected chi connectivity index (χ4v) is 2.91. The molecule has 2 heterocycles. The maximum absolute atomic E-state index is 13.3. The molecule has 1 amide bonds. The van der Waals surface area contributed by atoms with Crippen LogP contribution in [-0.4, -0.2) is 62.1 Å². The Morgan fingerprint density at radius 1 is 1.29 bits per heavy atom. The number of likely N-dealkylation sites (N-methyl/N-ethyl adjacent to an activating group) is 1. The van der Waals surface area contributed by atoms with Crippen molar-refractivity contribution in [3.8, 4) is 0 Å². The summed E-state index contributed by atoms with van der Waals surface area (Å²) in [5, 5.41) is 0.600. The minimum absolute atomic E-state index is 0.0814. The molecule has 3 rings (SSSR count). The van der Waals surface area contributed by atoms with E-state index < -0.39 is 0 Å². The highest BCUT2D eigenvalue weighted by Crippen LogP contribution is 2.22. The van der Waals surface area contributed by atoms with Crippen LogP contribution in [0, 0.1) is 5.82 Å². The zero-order chi connectivity index (χ0) is 17.1. The van der Waals surface area contributed by atoms with E-state index in [1.807, 2.05) is 19.0 Å². The quantitative estimate of drug-likeness (QED) is 0.815. The predicted molar refractivity (Wildman–Crippen MR) is 89.6 cm³/mol. The Bertz CT molecular complexity index is 707. The topological polar surface area (TPSA) is 45.9 Å². The van der Waals surface area contributed by atoms with E-state index in [0.29, 0.717) is 24.1 Å². The van der Waals surface area contributed by atoms with Crippen LogP contribution in [0.5, 0.6) is 0 Å². The van der Waals surface area contributed by atoms with Gasteiger partial charge in [-0.1, -0.05) is 0 Å². The van der Waals surface area contributed by atoms with Crippen molar-refractivity contribution in [2.24, 2.45) is 0 Å².